The van der Waals surface area contributed by atoms with Crippen LogP contribution in [0.4, 0.5) is 23.7 Å². The average molecular weight is 419 g/mol. The van der Waals surface area contributed by atoms with E-state index in [1.165, 1.54) is 12.1 Å². The Kier molecular flexibility index (Phi) is 7.56. The maximum atomic E-state index is 12.8. The molecule has 6 nitrogen and oxygen atoms in total. The molecule has 0 bridgehead atoms. The third-order valence-electron chi connectivity index (χ3n) is 3.52. The summed E-state index contributed by atoms with van der Waals surface area (Å²) in [5.74, 6) is -1.56. The first-order chi connectivity index (χ1) is 13.0. The molecule has 1 atom stereocenters. The number of rotatable bonds is 5. The standard InChI is InChI=1S/C20H28F3NO5/c1-12(11-27-16(25)18(2,3)4)13-9-8-10-14(28-20(21,22)23)15(13)24-17(26)29-19(5,6)7/h8-10,12H,11H2,1-7H3,(H,24,26). The molecule has 0 aliphatic rings. The molecule has 0 aliphatic heterocycles. The number of hydrogen-bond donors (Lipinski definition) is 1. The Morgan fingerprint density at radius 2 is 1.66 bits per heavy atom. The molecule has 0 saturated heterocycles. The molecule has 0 heterocycles. The van der Waals surface area contributed by atoms with Crippen LogP contribution in [-0.4, -0.2) is 30.6 Å². The molecular formula is C20H28F3NO5. The molecular weight excluding hydrogens is 391 g/mol. The van der Waals surface area contributed by atoms with Gasteiger partial charge >= 0.3 is 18.4 Å². The van der Waals surface area contributed by atoms with Crippen molar-refractivity contribution >= 4 is 17.7 Å². The van der Waals surface area contributed by atoms with Gasteiger partial charge in [0.05, 0.1) is 17.7 Å². The number of carbonyl (C=O) groups excluding carboxylic acids is 2. The quantitative estimate of drug-likeness (QED) is 0.627. The normalized spacial score (nSPS) is 13.4. The number of para-hydroxylation sites is 1. The molecule has 1 unspecified atom stereocenters. The van der Waals surface area contributed by atoms with Crippen LogP contribution in [0.5, 0.6) is 5.75 Å². The summed E-state index contributed by atoms with van der Waals surface area (Å²) in [4.78, 5) is 24.2. The SMILES string of the molecule is CC(COC(=O)C(C)(C)C)c1cccc(OC(F)(F)F)c1NC(=O)OC(C)(C)C. The lowest BCUT2D eigenvalue weighted by Crippen LogP contribution is -2.28. The molecule has 0 radical (unpaired) electrons. The topological polar surface area (TPSA) is 73.9 Å². The van der Waals surface area contributed by atoms with Gasteiger partial charge in [-0.2, -0.15) is 0 Å². The minimum atomic E-state index is -4.95. The summed E-state index contributed by atoms with van der Waals surface area (Å²) in [5.41, 5.74) is -1.46. The molecule has 29 heavy (non-hydrogen) atoms. The Hall–Kier alpha value is -2.45. The number of nitrogens with one attached hydrogen (secondary N) is 1. The van der Waals surface area contributed by atoms with Crippen LogP contribution in [-0.2, 0) is 14.3 Å². The number of hydrogen-bond acceptors (Lipinski definition) is 5. The van der Waals surface area contributed by atoms with Crippen LogP contribution in [0, 0.1) is 5.41 Å². The summed E-state index contributed by atoms with van der Waals surface area (Å²) in [6.07, 6.45) is -5.89. The van der Waals surface area contributed by atoms with E-state index in [0.29, 0.717) is 5.56 Å². The second-order valence-corrected chi connectivity index (χ2v) is 8.64. The zero-order valence-electron chi connectivity index (χ0n) is 17.7. The summed E-state index contributed by atoms with van der Waals surface area (Å²) in [6, 6.07) is 3.96. The van der Waals surface area contributed by atoms with Gasteiger partial charge in [-0.15, -0.1) is 13.2 Å². The van der Waals surface area contributed by atoms with E-state index in [1.807, 2.05) is 0 Å². The molecule has 1 amide bonds. The number of halogens is 3. The van der Waals surface area contributed by atoms with Gasteiger partial charge in [0.25, 0.3) is 0 Å². The van der Waals surface area contributed by atoms with Crippen LogP contribution < -0.4 is 10.1 Å². The maximum Gasteiger partial charge on any atom is 0.573 e. The number of benzene rings is 1. The average Bonchev–Trinajstić information content (AvgIpc) is 2.49. The molecule has 1 aromatic rings. The minimum absolute atomic E-state index is 0.0887. The molecule has 0 aliphatic carbocycles. The van der Waals surface area contributed by atoms with Crippen molar-refractivity contribution in [2.45, 2.75) is 66.3 Å². The third-order valence-corrected chi connectivity index (χ3v) is 3.52. The van der Waals surface area contributed by atoms with Gasteiger partial charge < -0.3 is 14.2 Å². The van der Waals surface area contributed by atoms with Gasteiger partial charge in [-0.3, -0.25) is 10.1 Å². The van der Waals surface area contributed by atoms with Gasteiger partial charge in [0.1, 0.15) is 5.60 Å². The Bertz CT molecular complexity index is 733. The van der Waals surface area contributed by atoms with Crippen LogP contribution in [0.15, 0.2) is 18.2 Å². The molecule has 0 aromatic heterocycles. The van der Waals surface area contributed by atoms with Gasteiger partial charge in [0.15, 0.2) is 5.75 Å². The lowest BCUT2D eigenvalue weighted by Gasteiger charge is -2.24. The number of anilines is 1. The monoisotopic (exact) mass is 419 g/mol. The van der Waals surface area contributed by atoms with Gasteiger partial charge in [-0.25, -0.2) is 4.79 Å². The van der Waals surface area contributed by atoms with Crippen molar-refractivity contribution in [1.29, 1.82) is 0 Å². The van der Waals surface area contributed by atoms with Gasteiger partial charge in [-0.1, -0.05) is 19.1 Å². The second-order valence-electron chi connectivity index (χ2n) is 8.64. The van der Waals surface area contributed by atoms with Crippen LogP contribution in [0.2, 0.25) is 0 Å². The van der Waals surface area contributed by atoms with Crippen molar-refractivity contribution in [1.82, 2.24) is 0 Å². The predicted molar refractivity (Wildman–Crippen MR) is 102 cm³/mol. The molecule has 0 fully saturated rings. The van der Waals surface area contributed by atoms with Gasteiger partial charge in [0, 0.05) is 5.92 Å². The number of amides is 1. The Morgan fingerprint density at radius 1 is 1.07 bits per heavy atom. The first-order valence-electron chi connectivity index (χ1n) is 9.05. The van der Waals surface area contributed by atoms with Gasteiger partial charge in [0.2, 0.25) is 0 Å². The van der Waals surface area contributed by atoms with Crippen molar-refractivity contribution in [2.75, 3.05) is 11.9 Å². The molecule has 1 N–H and O–H groups in total. The van der Waals surface area contributed by atoms with Crippen molar-refractivity contribution in [3.63, 3.8) is 0 Å². The van der Waals surface area contributed by atoms with E-state index in [0.717, 1.165) is 6.07 Å². The Morgan fingerprint density at radius 3 is 2.14 bits per heavy atom. The predicted octanol–water partition coefficient (Wildman–Crippen LogP) is 5.63. The van der Waals surface area contributed by atoms with E-state index in [-0.39, 0.29) is 12.3 Å². The van der Waals surface area contributed by atoms with Crippen LogP contribution >= 0.6 is 0 Å². The molecule has 0 saturated carbocycles. The number of alkyl halides is 3. The highest BCUT2D eigenvalue weighted by Gasteiger charge is 2.34. The summed E-state index contributed by atoms with van der Waals surface area (Å²) in [7, 11) is 0. The fourth-order valence-electron chi connectivity index (χ4n) is 2.21. The first-order valence-corrected chi connectivity index (χ1v) is 9.05. The van der Waals surface area contributed by atoms with E-state index < -0.39 is 41.1 Å². The molecule has 0 spiro atoms. The fourth-order valence-corrected chi connectivity index (χ4v) is 2.21. The van der Waals surface area contributed by atoms with E-state index in [9.17, 15) is 22.8 Å². The van der Waals surface area contributed by atoms with Crippen LogP contribution in [0.25, 0.3) is 0 Å². The zero-order chi connectivity index (χ0) is 22.6. The van der Waals surface area contributed by atoms with Crippen LogP contribution in [0.1, 0.15) is 59.9 Å². The molecule has 164 valence electrons. The smallest absolute Gasteiger partial charge is 0.465 e. The van der Waals surface area contributed by atoms with Gasteiger partial charge in [-0.05, 0) is 53.2 Å². The number of ether oxygens (including phenoxy) is 3. The van der Waals surface area contributed by atoms with E-state index in [4.69, 9.17) is 9.47 Å². The van der Waals surface area contributed by atoms with Crippen molar-refractivity contribution < 1.29 is 37.0 Å². The number of carbonyl (C=O) groups is 2. The highest BCUT2D eigenvalue weighted by Crippen LogP contribution is 2.37. The summed E-state index contributed by atoms with van der Waals surface area (Å²) >= 11 is 0. The zero-order valence-corrected chi connectivity index (χ0v) is 17.7. The highest BCUT2D eigenvalue weighted by atomic mass is 19.4. The Labute approximate surface area is 168 Å². The largest absolute Gasteiger partial charge is 0.573 e. The number of esters is 1. The maximum absolute atomic E-state index is 12.8. The first kappa shape index (κ1) is 24.6. The molecule has 1 aromatic carbocycles. The minimum Gasteiger partial charge on any atom is -0.465 e. The summed E-state index contributed by atoms with van der Waals surface area (Å²) in [5, 5.41) is 2.33. The summed E-state index contributed by atoms with van der Waals surface area (Å²) < 4.78 is 52.9. The van der Waals surface area contributed by atoms with E-state index in [2.05, 4.69) is 10.1 Å². The summed E-state index contributed by atoms with van der Waals surface area (Å²) in [6.45, 7) is 11.5. The lowest BCUT2D eigenvalue weighted by molar-refractivity contribution is -0.274. The van der Waals surface area contributed by atoms with Crippen molar-refractivity contribution in [3.05, 3.63) is 23.8 Å². The van der Waals surface area contributed by atoms with Crippen molar-refractivity contribution in [2.24, 2.45) is 5.41 Å². The lowest BCUT2D eigenvalue weighted by atomic mass is 9.96. The molecule has 1 rings (SSSR count). The highest BCUT2D eigenvalue weighted by molar-refractivity contribution is 5.88. The van der Waals surface area contributed by atoms with E-state index in [1.54, 1.807) is 48.5 Å². The van der Waals surface area contributed by atoms with E-state index >= 15 is 0 Å². The Balaban J connectivity index is 3.19. The van der Waals surface area contributed by atoms with Crippen molar-refractivity contribution in [3.8, 4) is 5.75 Å². The fraction of sp³-hybridized carbons (Fsp3) is 0.600. The van der Waals surface area contributed by atoms with Crippen LogP contribution in [0.3, 0.4) is 0 Å². The molecule has 9 heteroatoms. The second kappa shape index (κ2) is 8.92. The third kappa shape index (κ3) is 8.62.